The SMILES string of the molecule is Cc1cccc(N2C[C@@H](C(=O)Nc3cccc(C(F)(F)F)c3)CC2=O)c1C. The maximum absolute atomic E-state index is 12.8. The molecule has 1 aliphatic rings. The second-order valence-electron chi connectivity index (χ2n) is 6.69. The summed E-state index contributed by atoms with van der Waals surface area (Å²) in [4.78, 5) is 26.4. The van der Waals surface area contributed by atoms with E-state index in [0.29, 0.717) is 0 Å². The third kappa shape index (κ3) is 3.97. The third-order valence-corrected chi connectivity index (χ3v) is 4.82. The van der Waals surface area contributed by atoms with E-state index in [9.17, 15) is 22.8 Å². The highest BCUT2D eigenvalue weighted by Crippen LogP contribution is 2.32. The Kier molecular flexibility index (Phi) is 4.95. The first-order valence-electron chi connectivity index (χ1n) is 8.51. The predicted molar refractivity (Wildman–Crippen MR) is 96.4 cm³/mol. The third-order valence-electron chi connectivity index (χ3n) is 4.82. The van der Waals surface area contributed by atoms with Crippen LogP contribution < -0.4 is 10.2 Å². The predicted octanol–water partition coefficient (Wildman–Crippen LogP) is 4.31. The van der Waals surface area contributed by atoms with Crippen LogP contribution in [0.5, 0.6) is 0 Å². The molecule has 0 unspecified atom stereocenters. The van der Waals surface area contributed by atoms with Crippen LogP contribution in [0.15, 0.2) is 42.5 Å². The van der Waals surface area contributed by atoms with E-state index in [1.54, 1.807) is 4.90 Å². The topological polar surface area (TPSA) is 49.4 Å². The molecule has 7 heteroatoms. The van der Waals surface area contributed by atoms with Gasteiger partial charge in [0.05, 0.1) is 11.5 Å². The first-order chi connectivity index (χ1) is 12.7. The van der Waals surface area contributed by atoms with E-state index in [0.717, 1.165) is 28.9 Å². The van der Waals surface area contributed by atoms with Crippen molar-refractivity contribution in [1.29, 1.82) is 0 Å². The van der Waals surface area contributed by atoms with Crippen molar-refractivity contribution in [2.24, 2.45) is 5.92 Å². The van der Waals surface area contributed by atoms with E-state index in [4.69, 9.17) is 0 Å². The lowest BCUT2D eigenvalue weighted by Gasteiger charge is -2.20. The molecule has 0 bridgehead atoms. The molecular weight excluding hydrogens is 357 g/mol. The minimum atomic E-state index is -4.48. The van der Waals surface area contributed by atoms with Crippen LogP contribution in [0.2, 0.25) is 0 Å². The van der Waals surface area contributed by atoms with Gasteiger partial charge in [-0.1, -0.05) is 18.2 Å². The Morgan fingerprint density at radius 1 is 1.15 bits per heavy atom. The van der Waals surface area contributed by atoms with Gasteiger partial charge in [0.15, 0.2) is 0 Å². The number of nitrogens with one attached hydrogen (secondary N) is 1. The number of anilines is 2. The van der Waals surface area contributed by atoms with Crippen molar-refractivity contribution < 1.29 is 22.8 Å². The van der Waals surface area contributed by atoms with E-state index in [2.05, 4.69) is 5.32 Å². The molecule has 0 spiro atoms. The van der Waals surface area contributed by atoms with Crippen molar-refractivity contribution in [2.75, 3.05) is 16.8 Å². The molecule has 4 nitrogen and oxygen atoms in total. The van der Waals surface area contributed by atoms with Gasteiger partial charge in [-0.2, -0.15) is 13.2 Å². The average molecular weight is 376 g/mol. The molecule has 1 atom stereocenters. The van der Waals surface area contributed by atoms with Gasteiger partial charge in [-0.3, -0.25) is 9.59 Å². The zero-order valence-corrected chi connectivity index (χ0v) is 14.9. The Morgan fingerprint density at radius 3 is 2.56 bits per heavy atom. The fourth-order valence-corrected chi connectivity index (χ4v) is 3.16. The summed E-state index contributed by atoms with van der Waals surface area (Å²) in [7, 11) is 0. The molecule has 27 heavy (non-hydrogen) atoms. The summed E-state index contributed by atoms with van der Waals surface area (Å²) in [5.41, 5.74) is 1.99. The van der Waals surface area contributed by atoms with Crippen molar-refractivity contribution >= 4 is 23.2 Å². The van der Waals surface area contributed by atoms with Crippen LogP contribution in [0.1, 0.15) is 23.1 Å². The van der Waals surface area contributed by atoms with Crippen molar-refractivity contribution in [2.45, 2.75) is 26.4 Å². The Hall–Kier alpha value is -2.83. The van der Waals surface area contributed by atoms with Gasteiger partial charge in [-0.25, -0.2) is 0 Å². The fraction of sp³-hybridized carbons (Fsp3) is 0.300. The number of hydrogen-bond donors (Lipinski definition) is 1. The minimum absolute atomic E-state index is 0.0260. The highest BCUT2D eigenvalue weighted by molar-refractivity contribution is 6.03. The van der Waals surface area contributed by atoms with Crippen LogP contribution in [0, 0.1) is 19.8 Å². The molecule has 3 rings (SSSR count). The normalized spacial score (nSPS) is 17.3. The fourth-order valence-electron chi connectivity index (χ4n) is 3.16. The standard InChI is InChI=1S/C20H19F3N2O2/c1-12-5-3-8-17(13(12)2)25-11-14(9-18(25)26)19(27)24-16-7-4-6-15(10-16)20(21,22)23/h3-8,10,14H,9,11H2,1-2H3,(H,24,27)/t14-/m0/s1. The molecule has 1 heterocycles. The van der Waals surface area contributed by atoms with E-state index >= 15 is 0 Å². The van der Waals surface area contributed by atoms with Crippen molar-refractivity contribution in [3.63, 3.8) is 0 Å². The lowest BCUT2D eigenvalue weighted by atomic mass is 10.1. The Bertz CT molecular complexity index is 893. The van der Waals surface area contributed by atoms with Gasteiger partial charge in [-0.15, -0.1) is 0 Å². The number of halogens is 3. The molecule has 1 N–H and O–H groups in total. The molecule has 1 saturated heterocycles. The summed E-state index contributed by atoms with van der Waals surface area (Å²) < 4.78 is 38.4. The number of hydrogen-bond acceptors (Lipinski definition) is 2. The van der Waals surface area contributed by atoms with Gasteiger partial charge < -0.3 is 10.2 Å². The van der Waals surface area contributed by atoms with Crippen LogP contribution >= 0.6 is 0 Å². The lowest BCUT2D eigenvalue weighted by Crippen LogP contribution is -2.28. The average Bonchev–Trinajstić information content (AvgIpc) is 2.99. The number of carbonyl (C=O) groups excluding carboxylic acids is 2. The number of rotatable bonds is 3. The molecule has 2 amide bonds. The van der Waals surface area contributed by atoms with Gasteiger partial charge >= 0.3 is 6.18 Å². The molecule has 142 valence electrons. The number of amides is 2. The smallest absolute Gasteiger partial charge is 0.326 e. The Labute approximate surface area is 155 Å². The summed E-state index contributed by atoms with van der Waals surface area (Å²) in [6.45, 7) is 4.05. The number of carbonyl (C=O) groups is 2. The summed E-state index contributed by atoms with van der Waals surface area (Å²) in [6.07, 6.45) is -4.46. The molecule has 0 aromatic heterocycles. The van der Waals surface area contributed by atoms with E-state index in [1.807, 2.05) is 32.0 Å². The quantitative estimate of drug-likeness (QED) is 0.868. The van der Waals surface area contributed by atoms with E-state index in [-0.39, 0.29) is 24.6 Å². The monoisotopic (exact) mass is 376 g/mol. The molecule has 2 aromatic rings. The van der Waals surface area contributed by atoms with E-state index in [1.165, 1.54) is 12.1 Å². The maximum atomic E-state index is 12.8. The van der Waals surface area contributed by atoms with Crippen LogP contribution in [-0.2, 0) is 15.8 Å². The zero-order chi connectivity index (χ0) is 19.8. The van der Waals surface area contributed by atoms with Crippen LogP contribution in [-0.4, -0.2) is 18.4 Å². The van der Waals surface area contributed by atoms with Crippen LogP contribution in [0.3, 0.4) is 0 Å². The molecule has 1 aliphatic heterocycles. The highest BCUT2D eigenvalue weighted by atomic mass is 19.4. The first kappa shape index (κ1) is 18.9. The van der Waals surface area contributed by atoms with Crippen LogP contribution in [0.25, 0.3) is 0 Å². The van der Waals surface area contributed by atoms with Gasteiger partial charge in [0.25, 0.3) is 0 Å². The first-order valence-corrected chi connectivity index (χ1v) is 8.51. The molecular formula is C20H19F3N2O2. The van der Waals surface area contributed by atoms with Gasteiger partial charge in [0.1, 0.15) is 0 Å². The van der Waals surface area contributed by atoms with Gasteiger partial charge in [0, 0.05) is 24.3 Å². The van der Waals surface area contributed by atoms with Crippen LogP contribution in [0.4, 0.5) is 24.5 Å². The van der Waals surface area contributed by atoms with Crippen molar-refractivity contribution in [3.05, 3.63) is 59.2 Å². The number of nitrogens with zero attached hydrogens (tertiary/aromatic N) is 1. The largest absolute Gasteiger partial charge is 0.416 e. The maximum Gasteiger partial charge on any atom is 0.416 e. The second kappa shape index (κ2) is 7.06. The molecule has 0 radical (unpaired) electrons. The van der Waals surface area contributed by atoms with Gasteiger partial charge in [0.2, 0.25) is 11.8 Å². The second-order valence-corrected chi connectivity index (χ2v) is 6.69. The summed E-state index contributed by atoms with van der Waals surface area (Å²) in [5.74, 6) is -1.25. The summed E-state index contributed by atoms with van der Waals surface area (Å²) in [5, 5.41) is 2.50. The lowest BCUT2D eigenvalue weighted by molar-refractivity contribution is -0.137. The zero-order valence-electron chi connectivity index (χ0n) is 14.9. The van der Waals surface area contributed by atoms with Crippen molar-refractivity contribution in [1.82, 2.24) is 0 Å². The molecule has 0 aliphatic carbocycles. The van der Waals surface area contributed by atoms with E-state index < -0.39 is 23.6 Å². The molecule has 0 saturated carbocycles. The van der Waals surface area contributed by atoms with Crippen molar-refractivity contribution in [3.8, 4) is 0 Å². The van der Waals surface area contributed by atoms with Gasteiger partial charge in [-0.05, 0) is 49.2 Å². The summed E-state index contributed by atoms with van der Waals surface area (Å²) >= 11 is 0. The number of alkyl halides is 3. The molecule has 1 fully saturated rings. The summed E-state index contributed by atoms with van der Waals surface area (Å²) in [6, 6.07) is 10.1. The number of aryl methyl sites for hydroxylation is 1. The minimum Gasteiger partial charge on any atom is -0.326 e. The number of benzene rings is 2. The highest BCUT2D eigenvalue weighted by Gasteiger charge is 2.36. The molecule has 2 aromatic carbocycles. The Morgan fingerprint density at radius 2 is 1.85 bits per heavy atom. The Balaban J connectivity index is 1.74.